The maximum absolute atomic E-state index is 14.1. The maximum atomic E-state index is 14.1. The van der Waals surface area contributed by atoms with E-state index in [1.165, 1.54) is 12.3 Å². The Balaban J connectivity index is 1.34. The van der Waals surface area contributed by atoms with E-state index in [9.17, 15) is 9.18 Å². The average molecular weight is 442 g/mol. The topological polar surface area (TPSA) is 119 Å². The number of hydrazine groups is 1. The first-order valence-electron chi connectivity index (χ1n) is 9.79. The smallest absolute Gasteiger partial charge is 0.340 e. The van der Waals surface area contributed by atoms with Gasteiger partial charge in [0.25, 0.3) is 5.91 Å². The van der Waals surface area contributed by atoms with Crippen molar-refractivity contribution >= 4 is 11.9 Å². The van der Waals surface area contributed by atoms with Crippen molar-refractivity contribution < 1.29 is 18.1 Å². The van der Waals surface area contributed by atoms with Gasteiger partial charge in [-0.3, -0.25) is 15.2 Å². The van der Waals surface area contributed by atoms with Crippen molar-refractivity contribution in [3.8, 4) is 34.2 Å². The number of aromatic nitrogens is 4. The van der Waals surface area contributed by atoms with Crippen LogP contribution >= 0.6 is 0 Å². The minimum atomic E-state index is -0.486. The predicted molar refractivity (Wildman–Crippen MR) is 116 cm³/mol. The van der Waals surface area contributed by atoms with E-state index in [-0.39, 0.29) is 28.8 Å². The van der Waals surface area contributed by atoms with Gasteiger partial charge in [-0.15, -0.1) is 0 Å². The SMILES string of the molecule is O=C(NNc1nc(-c2ccncc2)no1)c1ccccc1-c1ncc(-c2ccccc2F)o1. The average Bonchev–Trinajstić information content (AvgIpc) is 3.54. The quantitative estimate of drug-likeness (QED) is 0.373. The summed E-state index contributed by atoms with van der Waals surface area (Å²) in [5.74, 6) is -0.140. The molecule has 2 N–H and O–H groups in total. The lowest BCUT2D eigenvalue weighted by Gasteiger charge is -2.07. The van der Waals surface area contributed by atoms with Gasteiger partial charge in [-0.25, -0.2) is 14.8 Å². The van der Waals surface area contributed by atoms with Crippen molar-refractivity contribution in [2.75, 3.05) is 5.43 Å². The van der Waals surface area contributed by atoms with Gasteiger partial charge in [0.05, 0.1) is 17.3 Å². The number of oxazole rings is 1. The predicted octanol–water partition coefficient (Wildman–Crippen LogP) is 4.35. The minimum absolute atomic E-state index is 0.00519. The van der Waals surface area contributed by atoms with Crippen LogP contribution in [0.4, 0.5) is 10.4 Å². The summed E-state index contributed by atoms with van der Waals surface area (Å²) >= 11 is 0. The minimum Gasteiger partial charge on any atom is -0.436 e. The Morgan fingerprint density at radius 2 is 1.70 bits per heavy atom. The van der Waals surface area contributed by atoms with Crippen molar-refractivity contribution in [1.82, 2.24) is 25.5 Å². The number of hydrogen-bond donors (Lipinski definition) is 2. The lowest BCUT2D eigenvalue weighted by Crippen LogP contribution is -2.29. The molecule has 0 bridgehead atoms. The molecule has 5 rings (SSSR count). The van der Waals surface area contributed by atoms with Gasteiger partial charge >= 0.3 is 6.01 Å². The summed E-state index contributed by atoms with van der Waals surface area (Å²) < 4.78 is 24.9. The highest BCUT2D eigenvalue weighted by atomic mass is 19.1. The van der Waals surface area contributed by atoms with Crippen molar-refractivity contribution in [3.63, 3.8) is 0 Å². The Bertz CT molecular complexity index is 1420. The molecule has 0 saturated carbocycles. The van der Waals surface area contributed by atoms with Crippen LogP contribution in [-0.4, -0.2) is 26.0 Å². The Morgan fingerprint density at radius 1 is 0.939 bits per heavy atom. The third-order valence-corrected chi connectivity index (χ3v) is 4.69. The van der Waals surface area contributed by atoms with E-state index in [2.05, 4.69) is 31.0 Å². The van der Waals surface area contributed by atoms with Gasteiger partial charge in [-0.1, -0.05) is 29.4 Å². The monoisotopic (exact) mass is 442 g/mol. The first kappa shape index (κ1) is 20.1. The summed E-state index contributed by atoms with van der Waals surface area (Å²) in [5, 5.41) is 3.86. The largest absolute Gasteiger partial charge is 0.436 e. The molecular weight excluding hydrogens is 427 g/mol. The molecular formula is C23H15FN6O3. The molecule has 0 radical (unpaired) electrons. The molecule has 9 nitrogen and oxygen atoms in total. The van der Waals surface area contributed by atoms with Crippen LogP contribution in [-0.2, 0) is 0 Å². The van der Waals surface area contributed by atoms with Crippen molar-refractivity contribution in [2.45, 2.75) is 0 Å². The van der Waals surface area contributed by atoms with Crippen molar-refractivity contribution in [1.29, 1.82) is 0 Å². The number of pyridine rings is 1. The molecule has 3 heterocycles. The number of rotatable bonds is 6. The summed E-state index contributed by atoms with van der Waals surface area (Å²) in [7, 11) is 0. The van der Waals surface area contributed by atoms with Crippen LogP contribution in [0.15, 0.2) is 88.2 Å². The Labute approximate surface area is 186 Å². The maximum Gasteiger partial charge on any atom is 0.340 e. The number of anilines is 1. The molecule has 0 atom stereocenters. The van der Waals surface area contributed by atoms with E-state index in [4.69, 9.17) is 8.94 Å². The third kappa shape index (κ3) is 4.17. The Morgan fingerprint density at radius 3 is 2.52 bits per heavy atom. The number of amides is 1. The number of nitrogens with one attached hydrogen (secondary N) is 2. The first-order valence-corrected chi connectivity index (χ1v) is 9.79. The van der Waals surface area contributed by atoms with Gasteiger partial charge in [0.15, 0.2) is 5.76 Å². The molecule has 5 aromatic rings. The molecule has 0 spiro atoms. The summed E-state index contributed by atoms with van der Waals surface area (Å²) in [6.07, 6.45) is 4.63. The van der Waals surface area contributed by atoms with E-state index in [1.807, 2.05) is 0 Å². The van der Waals surface area contributed by atoms with Crippen LogP contribution in [0.2, 0.25) is 0 Å². The zero-order valence-corrected chi connectivity index (χ0v) is 16.9. The van der Waals surface area contributed by atoms with Crippen LogP contribution in [0.25, 0.3) is 34.2 Å². The molecule has 1 amide bonds. The molecule has 2 aromatic carbocycles. The second-order valence-corrected chi connectivity index (χ2v) is 6.79. The molecule has 0 aliphatic heterocycles. The van der Waals surface area contributed by atoms with E-state index in [0.29, 0.717) is 17.0 Å². The summed E-state index contributed by atoms with van der Waals surface area (Å²) in [6, 6.07) is 16.4. The van der Waals surface area contributed by atoms with E-state index in [0.717, 1.165) is 0 Å². The van der Waals surface area contributed by atoms with Crippen LogP contribution in [0, 0.1) is 5.82 Å². The van der Waals surface area contributed by atoms with Gasteiger partial charge in [-0.2, -0.15) is 4.98 Å². The molecule has 3 aromatic heterocycles. The highest BCUT2D eigenvalue weighted by Gasteiger charge is 2.18. The summed E-state index contributed by atoms with van der Waals surface area (Å²) in [4.78, 5) is 25.2. The molecule has 0 saturated heterocycles. The zero-order valence-electron chi connectivity index (χ0n) is 16.9. The van der Waals surface area contributed by atoms with Gasteiger partial charge < -0.3 is 8.94 Å². The van der Waals surface area contributed by atoms with Crippen molar-refractivity contribution in [2.24, 2.45) is 0 Å². The van der Waals surface area contributed by atoms with Gasteiger partial charge in [0.2, 0.25) is 11.7 Å². The van der Waals surface area contributed by atoms with Gasteiger partial charge in [-0.05, 0) is 36.4 Å². The fraction of sp³-hybridized carbons (Fsp3) is 0. The number of carbonyl (C=O) groups excluding carboxylic acids is 1. The second kappa shape index (κ2) is 8.71. The summed E-state index contributed by atoms with van der Waals surface area (Å²) in [6.45, 7) is 0. The second-order valence-electron chi connectivity index (χ2n) is 6.79. The molecule has 0 aliphatic carbocycles. The van der Waals surface area contributed by atoms with E-state index in [1.54, 1.807) is 67.0 Å². The molecule has 10 heteroatoms. The zero-order chi connectivity index (χ0) is 22.6. The molecule has 0 fully saturated rings. The highest BCUT2D eigenvalue weighted by molar-refractivity contribution is 6.00. The molecule has 0 unspecified atom stereocenters. The Kier molecular flexibility index (Phi) is 5.30. The third-order valence-electron chi connectivity index (χ3n) is 4.69. The standard InChI is InChI=1S/C23H15FN6O3/c24-18-8-4-3-7-17(18)19-13-26-22(32-19)16-6-2-1-5-15(16)21(31)28-29-23-27-20(30-33-23)14-9-11-25-12-10-14/h1-13H,(H,28,31)(H,27,29,30). The number of benzene rings is 2. The molecule has 0 aliphatic rings. The van der Waals surface area contributed by atoms with Crippen LogP contribution in [0.1, 0.15) is 10.4 Å². The lowest BCUT2D eigenvalue weighted by atomic mass is 10.1. The molecule has 33 heavy (non-hydrogen) atoms. The van der Waals surface area contributed by atoms with E-state index < -0.39 is 11.7 Å². The number of nitrogens with zero attached hydrogens (tertiary/aromatic N) is 4. The number of carbonyl (C=O) groups is 1. The molecule has 162 valence electrons. The van der Waals surface area contributed by atoms with Crippen molar-refractivity contribution in [3.05, 3.63) is 90.6 Å². The van der Waals surface area contributed by atoms with Crippen LogP contribution in [0.5, 0.6) is 0 Å². The fourth-order valence-electron chi connectivity index (χ4n) is 3.12. The van der Waals surface area contributed by atoms with Gasteiger partial charge in [0, 0.05) is 23.5 Å². The Hall–Kier alpha value is -4.86. The van der Waals surface area contributed by atoms with E-state index >= 15 is 0 Å². The number of hydrogen-bond acceptors (Lipinski definition) is 8. The number of halogens is 1. The fourth-order valence-corrected chi connectivity index (χ4v) is 3.12. The van der Waals surface area contributed by atoms with Crippen LogP contribution in [0.3, 0.4) is 0 Å². The highest BCUT2D eigenvalue weighted by Crippen LogP contribution is 2.29. The van der Waals surface area contributed by atoms with Gasteiger partial charge in [0.1, 0.15) is 5.82 Å². The lowest BCUT2D eigenvalue weighted by molar-refractivity contribution is 0.0961. The van der Waals surface area contributed by atoms with Crippen LogP contribution < -0.4 is 10.9 Å². The summed E-state index contributed by atoms with van der Waals surface area (Å²) in [5.41, 5.74) is 6.81. The normalized spacial score (nSPS) is 10.7. The first-order chi connectivity index (χ1) is 16.2.